The van der Waals surface area contributed by atoms with E-state index in [9.17, 15) is 9.18 Å². The molecule has 0 aliphatic rings. The van der Waals surface area contributed by atoms with Crippen molar-refractivity contribution in [1.29, 1.82) is 0 Å². The monoisotopic (exact) mass is 300 g/mol. The van der Waals surface area contributed by atoms with Crippen molar-refractivity contribution >= 4 is 10.9 Å². The van der Waals surface area contributed by atoms with E-state index in [1.165, 1.54) is 12.1 Å². The topological polar surface area (TPSA) is 36.2 Å². The van der Waals surface area contributed by atoms with Crippen LogP contribution in [-0.2, 0) is 17.8 Å². The molecule has 2 heterocycles. The summed E-state index contributed by atoms with van der Waals surface area (Å²) in [5, 5.41) is 0.913. The molecule has 3 aromatic rings. The molecule has 0 unspecified atom stereocenters. The van der Waals surface area contributed by atoms with E-state index < -0.39 is 0 Å². The minimum absolute atomic E-state index is 0.0528. The summed E-state index contributed by atoms with van der Waals surface area (Å²) in [5.41, 5.74) is 1.50. The number of hydrogen-bond acceptors (Lipinski definition) is 2. The molecule has 0 atom stereocenters. The zero-order valence-corrected chi connectivity index (χ0v) is 12.3. The number of benzene rings is 1. The highest BCUT2D eigenvalue weighted by molar-refractivity contribution is 5.78. The van der Waals surface area contributed by atoms with Crippen molar-refractivity contribution in [3.8, 4) is 0 Å². The molecule has 22 heavy (non-hydrogen) atoms. The van der Waals surface area contributed by atoms with Gasteiger partial charge >= 0.3 is 0 Å². The average Bonchev–Trinajstić information content (AvgIpc) is 2.94. The van der Waals surface area contributed by atoms with Gasteiger partial charge in [0.1, 0.15) is 11.3 Å². The van der Waals surface area contributed by atoms with Gasteiger partial charge in [-0.15, -0.1) is 0 Å². The summed E-state index contributed by atoms with van der Waals surface area (Å²) >= 11 is 0. The van der Waals surface area contributed by atoms with Gasteiger partial charge in [0.15, 0.2) is 0 Å². The molecule has 3 rings (SSSR count). The van der Waals surface area contributed by atoms with Gasteiger partial charge in [0.2, 0.25) is 0 Å². The first kappa shape index (κ1) is 14.5. The summed E-state index contributed by atoms with van der Waals surface area (Å²) in [6.07, 6.45) is 3.67. The van der Waals surface area contributed by atoms with Crippen LogP contribution in [0, 0.1) is 5.82 Å². The van der Waals surface area contributed by atoms with E-state index >= 15 is 0 Å². The molecule has 0 aliphatic heterocycles. The van der Waals surface area contributed by atoms with E-state index in [0.717, 1.165) is 10.9 Å². The zero-order valence-electron chi connectivity index (χ0n) is 12.3. The van der Waals surface area contributed by atoms with Crippen molar-refractivity contribution in [1.82, 2.24) is 9.13 Å². The molecular formula is C17H17FN2O2. The second-order valence-corrected chi connectivity index (χ2v) is 5.18. The van der Waals surface area contributed by atoms with Crippen LogP contribution in [0.3, 0.4) is 0 Å². The van der Waals surface area contributed by atoms with Crippen LogP contribution in [0.5, 0.6) is 0 Å². The Balaban J connectivity index is 1.98. The molecule has 0 bridgehead atoms. The Bertz CT molecular complexity index is 834. The number of hydrogen-bond donors (Lipinski definition) is 0. The predicted molar refractivity (Wildman–Crippen MR) is 83.6 cm³/mol. The second kappa shape index (κ2) is 6.15. The molecule has 4 nitrogen and oxygen atoms in total. The zero-order chi connectivity index (χ0) is 15.5. The highest BCUT2D eigenvalue weighted by atomic mass is 19.1. The van der Waals surface area contributed by atoms with Crippen LogP contribution in [0.4, 0.5) is 4.39 Å². The molecule has 1 aromatic carbocycles. The van der Waals surface area contributed by atoms with E-state index in [1.54, 1.807) is 30.0 Å². The van der Waals surface area contributed by atoms with Crippen molar-refractivity contribution in [2.75, 3.05) is 13.7 Å². The Morgan fingerprint density at radius 1 is 1.05 bits per heavy atom. The second-order valence-electron chi connectivity index (χ2n) is 5.18. The van der Waals surface area contributed by atoms with Gasteiger partial charge in [-0.25, -0.2) is 4.39 Å². The Morgan fingerprint density at radius 2 is 1.73 bits per heavy atom. The number of rotatable bonds is 5. The number of nitrogens with zero attached hydrogens (tertiary/aromatic N) is 2. The Labute approximate surface area is 127 Å². The molecule has 0 spiro atoms. The fraction of sp³-hybridized carbons (Fsp3) is 0.235. The number of aromatic nitrogens is 2. The minimum atomic E-state index is -0.278. The first-order valence-corrected chi connectivity index (χ1v) is 7.11. The van der Waals surface area contributed by atoms with Crippen LogP contribution < -0.4 is 5.56 Å². The summed E-state index contributed by atoms with van der Waals surface area (Å²) in [4.78, 5) is 12.7. The molecule has 2 aromatic heterocycles. The lowest BCUT2D eigenvalue weighted by Gasteiger charge is -2.08. The van der Waals surface area contributed by atoms with Gasteiger partial charge in [-0.3, -0.25) is 4.79 Å². The van der Waals surface area contributed by atoms with Gasteiger partial charge in [-0.05, 0) is 29.8 Å². The molecule has 0 N–H and O–H groups in total. The average molecular weight is 300 g/mol. The maximum absolute atomic E-state index is 13.0. The van der Waals surface area contributed by atoms with Crippen molar-refractivity contribution in [2.45, 2.75) is 13.1 Å². The SMILES string of the molecule is COCCn1ccc2ccn(Cc3ccc(F)cc3)c(=O)c21. The van der Waals surface area contributed by atoms with Crippen LogP contribution >= 0.6 is 0 Å². The third kappa shape index (κ3) is 2.80. The van der Waals surface area contributed by atoms with Crippen LogP contribution in [0.25, 0.3) is 10.9 Å². The van der Waals surface area contributed by atoms with E-state index in [2.05, 4.69) is 0 Å². The predicted octanol–water partition coefficient (Wildman–Crippen LogP) is 2.64. The normalized spacial score (nSPS) is 11.2. The molecule has 0 amide bonds. The molecule has 0 aliphatic carbocycles. The van der Waals surface area contributed by atoms with E-state index in [0.29, 0.717) is 25.2 Å². The van der Waals surface area contributed by atoms with Gasteiger partial charge in [0, 0.05) is 31.4 Å². The molecule has 5 heteroatoms. The minimum Gasteiger partial charge on any atom is -0.383 e. The van der Waals surface area contributed by atoms with Crippen molar-refractivity contribution < 1.29 is 9.13 Å². The Kier molecular flexibility index (Phi) is 4.06. The van der Waals surface area contributed by atoms with Crippen molar-refractivity contribution in [3.63, 3.8) is 0 Å². The number of fused-ring (bicyclic) bond motifs is 1. The van der Waals surface area contributed by atoms with Crippen LogP contribution in [-0.4, -0.2) is 22.9 Å². The molecular weight excluding hydrogens is 283 g/mol. The number of halogens is 1. The molecule has 0 saturated heterocycles. The number of ether oxygens (including phenoxy) is 1. The fourth-order valence-corrected chi connectivity index (χ4v) is 2.53. The van der Waals surface area contributed by atoms with Crippen molar-refractivity contribution in [2.24, 2.45) is 0 Å². The fourth-order valence-electron chi connectivity index (χ4n) is 2.53. The molecule has 0 saturated carbocycles. The van der Waals surface area contributed by atoms with E-state index in [-0.39, 0.29) is 11.4 Å². The summed E-state index contributed by atoms with van der Waals surface area (Å²) < 4.78 is 21.6. The Morgan fingerprint density at radius 3 is 2.41 bits per heavy atom. The molecule has 0 radical (unpaired) electrons. The van der Waals surface area contributed by atoms with Gasteiger partial charge in [0.05, 0.1) is 13.2 Å². The highest BCUT2D eigenvalue weighted by Crippen LogP contribution is 2.12. The molecule has 0 fully saturated rings. The maximum atomic E-state index is 13.0. The summed E-state index contributed by atoms with van der Waals surface area (Å²) in [5.74, 6) is -0.278. The first-order chi connectivity index (χ1) is 10.7. The van der Waals surface area contributed by atoms with Crippen LogP contribution in [0.15, 0.2) is 53.6 Å². The number of pyridine rings is 1. The van der Waals surface area contributed by atoms with E-state index in [4.69, 9.17) is 4.74 Å². The number of methoxy groups -OCH3 is 1. The first-order valence-electron chi connectivity index (χ1n) is 7.11. The van der Waals surface area contributed by atoms with Crippen LogP contribution in [0.2, 0.25) is 0 Å². The van der Waals surface area contributed by atoms with Gasteiger partial charge in [-0.1, -0.05) is 12.1 Å². The van der Waals surface area contributed by atoms with Gasteiger partial charge < -0.3 is 13.9 Å². The largest absolute Gasteiger partial charge is 0.383 e. The lowest BCUT2D eigenvalue weighted by molar-refractivity contribution is 0.188. The van der Waals surface area contributed by atoms with E-state index in [1.807, 2.05) is 22.9 Å². The summed E-state index contributed by atoms with van der Waals surface area (Å²) in [7, 11) is 1.64. The summed E-state index contributed by atoms with van der Waals surface area (Å²) in [6.45, 7) is 1.61. The quantitative estimate of drug-likeness (QED) is 0.726. The highest BCUT2D eigenvalue weighted by Gasteiger charge is 2.08. The van der Waals surface area contributed by atoms with Crippen molar-refractivity contribution in [3.05, 3.63) is 70.5 Å². The smallest absolute Gasteiger partial charge is 0.275 e. The third-order valence-electron chi connectivity index (χ3n) is 3.69. The lowest BCUT2D eigenvalue weighted by atomic mass is 10.2. The van der Waals surface area contributed by atoms with Gasteiger partial charge in [-0.2, -0.15) is 0 Å². The molecule has 114 valence electrons. The Hall–Kier alpha value is -2.40. The standard InChI is InChI=1S/C17H17FN2O2/c1-22-11-10-19-8-6-14-7-9-20(17(21)16(14)19)12-13-2-4-15(18)5-3-13/h2-9H,10-12H2,1H3. The van der Waals surface area contributed by atoms with Crippen LogP contribution in [0.1, 0.15) is 5.56 Å². The third-order valence-corrected chi connectivity index (χ3v) is 3.69. The maximum Gasteiger partial charge on any atom is 0.275 e. The van der Waals surface area contributed by atoms with Gasteiger partial charge in [0.25, 0.3) is 5.56 Å². The lowest BCUT2D eigenvalue weighted by Crippen LogP contribution is -2.22. The summed E-state index contributed by atoms with van der Waals surface area (Å²) in [6, 6.07) is 10.0.